The Bertz CT molecular complexity index is 1010. The van der Waals surface area contributed by atoms with Crippen LogP contribution in [0, 0.1) is 13.8 Å². The summed E-state index contributed by atoms with van der Waals surface area (Å²) in [6.45, 7) is 9.51. The minimum absolute atomic E-state index is 0. The number of pyridine rings is 2. The molecule has 5 N–H and O–H groups in total. The van der Waals surface area contributed by atoms with E-state index in [9.17, 15) is 14.4 Å². The first-order valence-corrected chi connectivity index (χ1v) is 12.1. The van der Waals surface area contributed by atoms with Gasteiger partial charge in [0.25, 0.3) is 11.1 Å². The molecule has 188 valence electrons. The van der Waals surface area contributed by atoms with Crippen molar-refractivity contribution in [2.75, 3.05) is 12.5 Å². The number of rotatable bonds is 5. The van der Waals surface area contributed by atoms with Gasteiger partial charge < -0.3 is 25.8 Å². The number of hydrogen-bond acceptors (Lipinski definition) is 7. The number of carbonyl (C=O) groups excluding carboxylic acids is 1. The molecule has 2 rings (SSSR count). The van der Waals surface area contributed by atoms with Crippen molar-refractivity contribution < 1.29 is 9.53 Å². The van der Waals surface area contributed by atoms with E-state index in [4.69, 9.17) is 10.5 Å². The number of nitrogens with two attached hydrogens (primary N) is 1. The van der Waals surface area contributed by atoms with Crippen molar-refractivity contribution in [3.05, 3.63) is 55.4 Å². The van der Waals surface area contributed by atoms with Gasteiger partial charge >= 0.3 is 6.09 Å². The number of aromatic nitrogens is 2. The molecule has 0 aromatic carbocycles. The number of hydrogen-bond donors (Lipinski definition) is 4. The Morgan fingerprint density at radius 1 is 0.970 bits per heavy atom. The number of ether oxygens (including phenoxy) is 1. The number of aromatic amines is 2. The predicted molar refractivity (Wildman–Crippen MR) is 142 cm³/mol. The second-order valence-electron chi connectivity index (χ2n) is 7.72. The summed E-state index contributed by atoms with van der Waals surface area (Å²) in [6.07, 6.45) is 3.30. The van der Waals surface area contributed by atoms with Crippen LogP contribution in [0.2, 0.25) is 0 Å². The number of H-pyrrole nitrogens is 2. The van der Waals surface area contributed by atoms with Crippen LogP contribution in [0.4, 0.5) is 4.79 Å². The van der Waals surface area contributed by atoms with Crippen LogP contribution in [-0.2, 0) is 17.8 Å². The molecule has 0 fully saturated rings. The van der Waals surface area contributed by atoms with Crippen LogP contribution < -0.4 is 22.2 Å². The highest BCUT2D eigenvalue weighted by Crippen LogP contribution is 2.18. The zero-order valence-electron chi connectivity index (χ0n) is 19.1. The van der Waals surface area contributed by atoms with E-state index >= 15 is 0 Å². The second-order valence-corrected chi connectivity index (χ2v) is 9.41. The fraction of sp³-hybridized carbons (Fsp3) is 0.522. The van der Waals surface area contributed by atoms with Crippen molar-refractivity contribution >= 4 is 29.6 Å². The molecule has 0 saturated heterocycles. The summed E-state index contributed by atoms with van der Waals surface area (Å²) >= 11 is 3.02. The number of amides is 1. The van der Waals surface area contributed by atoms with Crippen molar-refractivity contribution in [2.24, 2.45) is 5.73 Å². The molecule has 0 radical (unpaired) electrons. The summed E-state index contributed by atoms with van der Waals surface area (Å²) in [4.78, 5) is 42.0. The Balaban J connectivity index is 0. The van der Waals surface area contributed by atoms with Gasteiger partial charge in [-0.15, -0.1) is 23.5 Å². The van der Waals surface area contributed by atoms with E-state index in [-0.39, 0.29) is 32.5 Å². The molecular weight excluding hydrogens is 460 g/mol. The first kappa shape index (κ1) is 33.0. The Morgan fingerprint density at radius 2 is 1.39 bits per heavy atom. The van der Waals surface area contributed by atoms with Crippen LogP contribution in [0.3, 0.4) is 0 Å². The molecule has 0 aliphatic rings. The summed E-state index contributed by atoms with van der Waals surface area (Å²) in [5.41, 5.74) is 7.54. The zero-order valence-corrected chi connectivity index (χ0v) is 20.7. The van der Waals surface area contributed by atoms with E-state index < -0.39 is 11.7 Å². The molecule has 1 amide bonds. The molecule has 0 aliphatic carbocycles. The molecule has 10 heteroatoms. The monoisotopic (exact) mass is 500 g/mol. The van der Waals surface area contributed by atoms with E-state index in [0.29, 0.717) is 17.7 Å². The lowest BCUT2D eigenvalue weighted by molar-refractivity contribution is 0.0523. The summed E-state index contributed by atoms with van der Waals surface area (Å²) in [5, 5.41) is 2.60. The van der Waals surface area contributed by atoms with Gasteiger partial charge in [0, 0.05) is 33.3 Å². The molecule has 2 aromatic heterocycles. The number of alkyl carbamates (subject to hydrolysis) is 1. The fourth-order valence-electron chi connectivity index (χ4n) is 2.57. The quantitative estimate of drug-likeness (QED) is 0.443. The topological polar surface area (TPSA) is 130 Å². The third-order valence-electron chi connectivity index (χ3n) is 3.91. The molecule has 0 atom stereocenters. The van der Waals surface area contributed by atoms with Crippen LogP contribution in [0.5, 0.6) is 0 Å². The van der Waals surface area contributed by atoms with Crippen molar-refractivity contribution in [1.82, 2.24) is 15.3 Å². The normalized spacial score (nSPS) is 10.2. The van der Waals surface area contributed by atoms with Crippen LogP contribution in [0.25, 0.3) is 0 Å². The minimum Gasteiger partial charge on any atom is -0.444 e. The van der Waals surface area contributed by atoms with E-state index in [2.05, 4.69) is 15.3 Å². The van der Waals surface area contributed by atoms with Crippen LogP contribution in [0.15, 0.2) is 31.5 Å². The smallest absolute Gasteiger partial charge is 0.407 e. The largest absolute Gasteiger partial charge is 0.444 e. The molecule has 8 nitrogen and oxygen atoms in total. The average molecular weight is 501 g/mol. The Labute approximate surface area is 205 Å². The molecule has 0 saturated carbocycles. The van der Waals surface area contributed by atoms with Gasteiger partial charge in [-0.25, -0.2) is 4.79 Å². The molecule has 2 heterocycles. The van der Waals surface area contributed by atoms with Crippen molar-refractivity contribution in [1.29, 1.82) is 0 Å². The SMILES string of the molecule is C.C.CSc1cc(C)[nH]c(=O)c1CN.CSc1cc(C)[nH]c(=O)c1CNC(=O)OC(C)(C)C. The molecule has 0 aliphatic heterocycles. The van der Waals surface area contributed by atoms with E-state index in [1.54, 1.807) is 32.5 Å². The lowest BCUT2D eigenvalue weighted by atomic mass is 10.2. The molecular formula is C23H40N4O4S2. The maximum atomic E-state index is 11.9. The standard InChI is InChI=1S/C13H20N2O3S.C8H12N2OS.2CH4/c1-8-6-10(19-5)9(11(16)15-8)7-14-12(17)18-13(2,3)4;1-5-3-7(12-2)6(4-9)8(11)10-5;;/h6H,7H2,1-5H3,(H,14,17)(H,15,16);3H,4,9H2,1-2H3,(H,10,11);2*1H4. The van der Waals surface area contributed by atoms with Crippen LogP contribution in [-0.4, -0.2) is 34.2 Å². The lowest BCUT2D eigenvalue weighted by Crippen LogP contribution is -2.33. The Kier molecular flexibility index (Phi) is 14.9. The summed E-state index contributed by atoms with van der Waals surface area (Å²) < 4.78 is 5.13. The maximum Gasteiger partial charge on any atom is 0.407 e. The van der Waals surface area contributed by atoms with Gasteiger partial charge in [0.2, 0.25) is 0 Å². The van der Waals surface area contributed by atoms with Gasteiger partial charge in [0.05, 0.1) is 12.1 Å². The molecule has 0 bridgehead atoms. The Morgan fingerprint density at radius 3 is 1.79 bits per heavy atom. The maximum absolute atomic E-state index is 11.9. The fourth-order valence-corrected chi connectivity index (χ4v) is 4.00. The third kappa shape index (κ3) is 11.0. The van der Waals surface area contributed by atoms with Crippen molar-refractivity contribution in [3.8, 4) is 0 Å². The van der Waals surface area contributed by atoms with Crippen LogP contribution >= 0.6 is 23.5 Å². The predicted octanol–water partition coefficient (Wildman–Crippen LogP) is 4.57. The lowest BCUT2D eigenvalue weighted by Gasteiger charge is -2.19. The number of nitrogens with one attached hydrogen (secondary N) is 3. The average Bonchev–Trinajstić information content (AvgIpc) is 2.65. The number of aryl methyl sites for hydroxylation is 2. The summed E-state index contributed by atoms with van der Waals surface area (Å²) in [7, 11) is 0. The van der Waals surface area contributed by atoms with Crippen LogP contribution in [0.1, 0.15) is 58.1 Å². The first-order chi connectivity index (χ1) is 14.4. The second kappa shape index (κ2) is 14.9. The van der Waals surface area contributed by atoms with Gasteiger partial charge in [-0.3, -0.25) is 9.59 Å². The van der Waals surface area contributed by atoms with Crippen molar-refractivity contribution in [2.45, 2.75) is 78.0 Å². The van der Waals surface area contributed by atoms with Gasteiger partial charge in [-0.1, -0.05) is 14.9 Å². The van der Waals surface area contributed by atoms with E-state index in [0.717, 1.165) is 21.2 Å². The van der Waals surface area contributed by atoms with Gasteiger partial charge in [-0.05, 0) is 59.3 Å². The number of carbonyl (C=O) groups is 1. The van der Waals surface area contributed by atoms with Gasteiger partial charge in [0.15, 0.2) is 0 Å². The van der Waals surface area contributed by atoms with Gasteiger partial charge in [-0.2, -0.15) is 0 Å². The van der Waals surface area contributed by atoms with Gasteiger partial charge in [0.1, 0.15) is 5.60 Å². The first-order valence-electron chi connectivity index (χ1n) is 9.62. The molecule has 0 unspecified atom stereocenters. The van der Waals surface area contributed by atoms with E-state index in [1.807, 2.05) is 38.5 Å². The third-order valence-corrected chi connectivity index (χ3v) is 5.52. The highest BCUT2D eigenvalue weighted by Gasteiger charge is 2.17. The summed E-state index contributed by atoms with van der Waals surface area (Å²) in [5.74, 6) is 0. The highest BCUT2D eigenvalue weighted by atomic mass is 32.2. The minimum atomic E-state index is -0.549. The summed E-state index contributed by atoms with van der Waals surface area (Å²) in [6, 6.07) is 3.83. The zero-order chi connectivity index (χ0) is 23.8. The molecule has 0 spiro atoms. The van der Waals surface area contributed by atoms with Crippen molar-refractivity contribution in [3.63, 3.8) is 0 Å². The highest BCUT2D eigenvalue weighted by molar-refractivity contribution is 7.98. The molecule has 33 heavy (non-hydrogen) atoms. The van der Waals surface area contributed by atoms with E-state index in [1.165, 1.54) is 11.8 Å². The molecule has 2 aromatic rings. The Hall–Kier alpha value is -2.17. The number of thioether (sulfide) groups is 2.